The maximum absolute atomic E-state index is 13.4. The summed E-state index contributed by atoms with van der Waals surface area (Å²) < 4.78 is 39.9. The van der Waals surface area contributed by atoms with Crippen molar-refractivity contribution in [3.8, 4) is 0 Å². The van der Waals surface area contributed by atoms with E-state index in [0.29, 0.717) is 19.3 Å². The summed E-state index contributed by atoms with van der Waals surface area (Å²) >= 11 is 0. The number of nitrogens with one attached hydrogen (secondary N) is 1. The number of hydrogen-bond acceptors (Lipinski definition) is 3. The highest BCUT2D eigenvalue weighted by Gasteiger charge is 2.26. The zero-order valence-corrected chi connectivity index (χ0v) is 10.7. The number of sulfonamides is 1. The lowest BCUT2D eigenvalue weighted by atomic mass is 9.94. The molecular formula is C12H16FNO3S. The van der Waals surface area contributed by atoms with Crippen LogP contribution in [0.25, 0.3) is 0 Å². The molecule has 0 spiro atoms. The van der Waals surface area contributed by atoms with Gasteiger partial charge >= 0.3 is 0 Å². The zero-order chi connectivity index (χ0) is 13.2. The van der Waals surface area contributed by atoms with Gasteiger partial charge in [0, 0.05) is 6.04 Å². The van der Waals surface area contributed by atoms with Crippen LogP contribution in [0.1, 0.15) is 25.7 Å². The minimum atomic E-state index is -3.85. The molecule has 1 fully saturated rings. The van der Waals surface area contributed by atoms with Gasteiger partial charge in [-0.05, 0) is 37.8 Å². The fraction of sp³-hybridized carbons (Fsp3) is 0.500. The molecule has 18 heavy (non-hydrogen) atoms. The highest BCUT2D eigenvalue weighted by Crippen LogP contribution is 2.21. The van der Waals surface area contributed by atoms with Crippen molar-refractivity contribution in [3.63, 3.8) is 0 Å². The minimum absolute atomic E-state index is 0.321. The predicted molar refractivity (Wildman–Crippen MR) is 65.0 cm³/mol. The van der Waals surface area contributed by atoms with Gasteiger partial charge < -0.3 is 5.11 Å². The lowest BCUT2D eigenvalue weighted by molar-refractivity contribution is 0.117. The normalized spacial score (nSPS) is 25.0. The Kier molecular flexibility index (Phi) is 3.99. The van der Waals surface area contributed by atoms with Gasteiger partial charge in [-0.2, -0.15) is 0 Å². The molecule has 1 aliphatic rings. The molecule has 2 atom stereocenters. The van der Waals surface area contributed by atoms with E-state index in [4.69, 9.17) is 0 Å². The molecule has 0 heterocycles. The first-order valence-corrected chi connectivity index (χ1v) is 7.42. The van der Waals surface area contributed by atoms with Gasteiger partial charge in [0.25, 0.3) is 0 Å². The predicted octanol–water partition coefficient (Wildman–Crippen LogP) is 1.41. The molecule has 0 aliphatic heterocycles. The highest BCUT2D eigenvalue weighted by molar-refractivity contribution is 7.89. The molecule has 1 aliphatic carbocycles. The van der Waals surface area contributed by atoms with Crippen molar-refractivity contribution >= 4 is 10.0 Å². The fourth-order valence-corrected chi connectivity index (χ4v) is 3.58. The molecule has 2 rings (SSSR count). The number of aliphatic hydroxyl groups is 1. The van der Waals surface area contributed by atoms with E-state index in [2.05, 4.69) is 4.72 Å². The fourth-order valence-electron chi connectivity index (χ4n) is 2.22. The molecule has 4 nitrogen and oxygen atoms in total. The van der Waals surface area contributed by atoms with Gasteiger partial charge in [-0.15, -0.1) is 0 Å². The smallest absolute Gasteiger partial charge is 0.243 e. The summed E-state index contributed by atoms with van der Waals surface area (Å²) in [4.78, 5) is -0.343. The minimum Gasteiger partial charge on any atom is -0.393 e. The molecule has 0 amide bonds. The van der Waals surface area contributed by atoms with E-state index < -0.39 is 21.9 Å². The molecule has 2 unspecified atom stereocenters. The van der Waals surface area contributed by atoms with Gasteiger partial charge in [0.15, 0.2) is 0 Å². The van der Waals surface area contributed by atoms with Crippen LogP contribution >= 0.6 is 0 Å². The van der Waals surface area contributed by atoms with E-state index >= 15 is 0 Å². The SMILES string of the molecule is O=S(=O)(NC1CCCC(O)C1)c1ccccc1F. The van der Waals surface area contributed by atoms with Crippen molar-refractivity contribution < 1.29 is 17.9 Å². The van der Waals surface area contributed by atoms with Crippen molar-refractivity contribution in [2.24, 2.45) is 0 Å². The second-order valence-electron chi connectivity index (χ2n) is 4.57. The molecule has 0 saturated heterocycles. The molecule has 0 aromatic heterocycles. The summed E-state index contributed by atoms with van der Waals surface area (Å²) in [6, 6.07) is 4.95. The van der Waals surface area contributed by atoms with Crippen LogP contribution in [0.2, 0.25) is 0 Å². The van der Waals surface area contributed by atoms with E-state index in [1.54, 1.807) is 0 Å². The lowest BCUT2D eigenvalue weighted by Crippen LogP contribution is -2.39. The maximum atomic E-state index is 13.4. The summed E-state index contributed by atoms with van der Waals surface area (Å²) in [7, 11) is -3.85. The van der Waals surface area contributed by atoms with Crippen molar-refractivity contribution in [1.82, 2.24) is 4.72 Å². The van der Waals surface area contributed by atoms with Gasteiger partial charge in [0.1, 0.15) is 10.7 Å². The molecule has 2 N–H and O–H groups in total. The third kappa shape index (κ3) is 3.07. The second-order valence-corrected chi connectivity index (χ2v) is 6.25. The Morgan fingerprint density at radius 2 is 2.00 bits per heavy atom. The average Bonchev–Trinajstić information content (AvgIpc) is 2.28. The van der Waals surface area contributed by atoms with E-state index in [1.165, 1.54) is 18.2 Å². The van der Waals surface area contributed by atoms with Crippen molar-refractivity contribution in [2.45, 2.75) is 42.7 Å². The number of rotatable bonds is 3. The first-order chi connectivity index (χ1) is 8.49. The van der Waals surface area contributed by atoms with Crippen LogP contribution in [-0.4, -0.2) is 25.7 Å². The Morgan fingerprint density at radius 3 is 2.67 bits per heavy atom. The molecule has 100 valence electrons. The summed E-state index contributed by atoms with van der Waals surface area (Å²) in [5, 5.41) is 9.49. The van der Waals surface area contributed by atoms with Crippen molar-refractivity contribution in [3.05, 3.63) is 30.1 Å². The molecule has 0 radical (unpaired) electrons. The summed E-state index contributed by atoms with van der Waals surface area (Å²) in [5.41, 5.74) is 0. The number of halogens is 1. The van der Waals surface area contributed by atoms with Crippen LogP contribution in [0.3, 0.4) is 0 Å². The van der Waals surface area contributed by atoms with Gasteiger partial charge in [0.05, 0.1) is 6.10 Å². The first kappa shape index (κ1) is 13.5. The van der Waals surface area contributed by atoms with Crippen LogP contribution in [0.5, 0.6) is 0 Å². The highest BCUT2D eigenvalue weighted by atomic mass is 32.2. The van der Waals surface area contributed by atoms with E-state index in [-0.39, 0.29) is 10.9 Å². The quantitative estimate of drug-likeness (QED) is 0.875. The largest absolute Gasteiger partial charge is 0.393 e. The summed E-state index contributed by atoms with van der Waals surface area (Å²) in [6.07, 6.45) is 2.04. The van der Waals surface area contributed by atoms with Gasteiger partial charge in [-0.1, -0.05) is 12.1 Å². The monoisotopic (exact) mass is 273 g/mol. The number of benzene rings is 1. The zero-order valence-electron chi connectivity index (χ0n) is 9.84. The Morgan fingerprint density at radius 1 is 1.28 bits per heavy atom. The Labute approximate surface area is 106 Å². The number of hydrogen-bond donors (Lipinski definition) is 2. The van der Waals surface area contributed by atoms with Gasteiger partial charge in [-0.25, -0.2) is 17.5 Å². The summed E-state index contributed by atoms with van der Waals surface area (Å²) in [5.74, 6) is -0.763. The van der Waals surface area contributed by atoms with Crippen LogP contribution in [0.15, 0.2) is 29.2 Å². The maximum Gasteiger partial charge on any atom is 0.243 e. The average molecular weight is 273 g/mol. The number of aliphatic hydroxyl groups excluding tert-OH is 1. The standard InChI is InChI=1S/C12H16FNO3S/c13-11-6-1-2-7-12(11)18(16,17)14-9-4-3-5-10(15)8-9/h1-2,6-7,9-10,14-15H,3-5,8H2. The lowest BCUT2D eigenvalue weighted by Gasteiger charge is -2.26. The molecule has 6 heteroatoms. The Hall–Kier alpha value is -0.980. The molecule has 1 saturated carbocycles. The molecule has 1 aromatic carbocycles. The van der Waals surface area contributed by atoms with E-state index in [9.17, 15) is 17.9 Å². The van der Waals surface area contributed by atoms with Crippen LogP contribution in [-0.2, 0) is 10.0 Å². The van der Waals surface area contributed by atoms with Crippen LogP contribution in [0.4, 0.5) is 4.39 Å². The molecule has 1 aromatic rings. The molecule has 0 bridgehead atoms. The third-order valence-corrected chi connectivity index (χ3v) is 4.65. The van der Waals surface area contributed by atoms with Crippen molar-refractivity contribution in [1.29, 1.82) is 0 Å². The first-order valence-electron chi connectivity index (χ1n) is 5.94. The molecular weight excluding hydrogens is 257 g/mol. The Bertz CT molecular complexity index is 518. The second kappa shape index (κ2) is 5.34. The van der Waals surface area contributed by atoms with E-state index in [0.717, 1.165) is 12.5 Å². The third-order valence-electron chi connectivity index (χ3n) is 3.09. The van der Waals surface area contributed by atoms with Gasteiger partial charge in [0.2, 0.25) is 10.0 Å². The van der Waals surface area contributed by atoms with Crippen LogP contribution < -0.4 is 4.72 Å². The van der Waals surface area contributed by atoms with E-state index in [1.807, 2.05) is 0 Å². The topological polar surface area (TPSA) is 66.4 Å². The van der Waals surface area contributed by atoms with Gasteiger partial charge in [-0.3, -0.25) is 0 Å². The Balaban J connectivity index is 2.15. The van der Waals surface area contributed by atoms with Crippen molar-refractivity contribution in [2.75, 3.05) is 0 Å². The van der Waals surface area contributed by atoms with Crippen LogP contribution in [0, 0.1) is 5.82 Å². The summed E-state index contributed by atoms with van der Waals surface area (Å²) in [6.45, 7) is 0.